The molecule has 96 valence electrons. The van der Waals surface area contributed by atoms with E-state index in [0.717, 1.165) is 10.1 Å². The third-order valence-corrected chi connectivity index (χ3v) is 3.56. The lowest BCUT2D eigenvalue weighted by atomic mass is 10.1. The summed E-state index contributed by atoms with van der Waals surface area (Å²) < 4.78 is 1.03. The molecule has 0 aliphatic rings. The van der Waals surface area contributed by atoms with E-state index in [2.05, 4.69) is 5.32 Å². The van der Waals surface area contributed by atoms with Crippen LogP contribution in [0.25, 0.3) is 10.1 Å². The van der Waals surface area contributed by atoms with Crippen LogP contribution in [-0.4, -0.2) is 23.2 Å². The highest BCUT2D eigenvalue weighted by Gasteiger charge is 2.16. The van der Waals surface area contributed by atoms with E-state index in [4.69, 9.17) is 5.73 Å². The summed E-state index contributed by atoms with van der Waals surface area (Å²) in [6.07, 6.45) is 0. The Kier molecular flexibility index (Phi) is 3.28. The molecule has 0 spiro atoms. The monoisotopic (exact) mass is 264 g/mol. The van der Waals surface area contributed by atoms with E-state index in [1.165, 1.54) is 11.3 Å². The Morgan fingerprint density at radius 1 is 1.44 bits per heavy atom. The van der Waals surface area contributed by atoms with Crippen molar-refractivity contribution in [1.29, 1.82) is 0 Å². The molecule has 0 saturated heterocycles. The number of fused-ring (bicyclic) bond motifs is 1. The van der Waals surface area contributed by atoms with E-state index in [1.807, 2.05) is 24.3 Å². The maximum atomic E-state index is 11.9. The van der Waals surface area contributed by atoms with Gasteiger partial charge in [0.15, 0.2) is 0 Å². The van der Waals surface area contributed by atoms with E-state index >= 15 is 0 Å². The van der Waals surface area contributed by atoms with Crippen LogP contribution in [0.2, 0.25) is 0 Å². The van der Waals surface area contributed by atoms with Gasteiger partial charge >= 0.3 is 0 Å². The molecule has 5 heteroatoms. The van der Waals surface area contributed by atoms with Crippen molar-refractivity contribution in [3.05, 3.63) is 29.1 Å². The number of thiophene rings is 1. The summed E-state index contributed by atoms with van der Waals surface area (Å²) in [5.41, 5.74) is 5.47. The minimum atomic E-state index is -0.906. The van der Waals surface area contributed by atoms with Crippen molar-refractivity contribution in [3.63, 3.8) is 0 Å². The fourth-order valence-electron chi connectivity index (χ4n) is 1.56. The Bertz CT molecular complexity index is 584. The van der Waals surface area contributed by atoms with Crippen LogP contribution in [0.15, 0.2) is 24.3 Å². The van der Waals surface area contributed by atoms with E-state index in [-0.39, 0.29) is 12.5 Å². The van der Waals surface area contributed by atoms with Crippen molar-refractivity contribution in [3.8, 4) is 0 Å². The molecule has 2 rings (SSSR count). The van der Waals surface area contributed by atoms with E-state index in [9.17, 15) is 9.90 Å². The second-order valence-electron chi connectivity index (χ2n) is 4.90. The van der Waals surface area contributed by atoms with Gasteiger partial charge in [0, 0.05) is 16.9 Å². The number of rotatable bonds is 3. The largest absolute Gasteiger partial charge is 0.399 e. The highest BCUT2D eigenvalue weighted by molar-refractivity contribution is 7.20. The Labute approximate surface area is 109 Å². The summed E-state index contributed by atoms with van der Waals surface area (Å²) in [6.45, 7) is 3.53. The normalized spacial score (nSPS) is 11.7. The molecule has 0 bridgehead atoms. The molecule has 0 aliphatic carbocycles. The van der Waals surface area contributed by atoms with Gasteiger partial charge < -0.3 is 16.2 Å². The Hall–Kier alpha value is -1.59. The number of hydrogen-bond acceptors (Lipinski definition) is 4. The van der Waals surface area contributed by atoms with Gasteiger partial charge in [-0.05, 0) is 43.5 Å². The second kappa shape index (κ2) is 4.59. The highest BCUT2D eigenvalue weighted by Crippen LogP contribution is 2.27. The van der Waals surface area contributed by atoms with Gasteiger partial charge in [0.1, 0.15) is 0 Å². The quantitative estimate of drug-likeness (QED) is 0.742. The number of nitrogens with two attached hydrogens (primary N) is 1. The molecule has 1 heterocycles. The van der Waals surface area contributed by atoms with Gasteiger partial charge in [0.2, 0.25) is 0 Å². The number of aliphatic hydroxyl groups is 1. The fraction of sp³-hybridized carbons (Fsp3) is 0.308. The molecule has 0 unspecified atom stereocenters. The fourth-order valence-corrected chi connectivity index (χ4v) is 2.52. The van der Waals surface area contributed by atoms with Crippen LogP contribution in [-0.2, 0) is 0 Å². The molecule has 4 nitrogen and oxygen atoms in total. The number of anilines is 1. The molecule has 1 amide bonds. The van der Waals surface area contributed by atoms with Crippen molar-refractivity contribution < 1.29 is 9.90 Å². The summed E-state index contributed by atoms with van der Waals surface area (Å²) in [5, 5.41) is 13.2. The van der Waals surface area contributed by atoms with Crippen LogP contribution in [0.5, 0.6) is 0 Å². The molecule has 1 aromatic heterocycles. The number of hydrogen-bond donors (Lipinski definition) is 3. The third kappa shape index (κ3) is 3.00. The average Bonchev–Trinajstić information content (AvgIpc) is 2.67. The van der Waals surface area contributed by atoms with Crippen LogP contribution in [0.3, 0.4) is 0 Å². The summed E-state index contributed by atoms with van der Waals surface area (Å²) in [7, 11) is 0. The summed E-state index contributed by atoms with van der Waals surface area (Å²) >= 11 is 1.42. The first kappa shape index (κ1) is 12.9. The molecular formula is C13H16N2O2S. The van der Waals surface area contributed by atoms with Crippen molar-refractivity contribution in [2.45, 2.75) is 19.4 Å². The molecule has 0 atom stereocenters. The standard InChI is InChI=1S/C13H16N2O2S/c1-13(2,17)7-15-12(16)11-6-8-5-9(14)3-4-10(8)18-11/h3-6,17H,7,14H2,1-2H3,(H,15,16). The van der Waals surface area contributed by atoms with Gasteiger partial charge in [-0.15, -0.1) is 11.3 Å². The lowest BCUT2D eigenvalue weighted by molar-refractivity contribution is 0.0696. The molecule has 0 fully saturated rings. The summed E-state index contributed by atoms with van der Waals surface area (Å²) in [4.78, 5) is 12.5. The first-order valence-electron chi connectivity index (χ1n) is 5.65. The number of nitrogens with one attached hydrogen (secondary N) is 1. The smallest absolute Gasteiger partial charge is 0.261 e. The van der Waals surface area contributed by atoms with E-state index in [0.29, 0.717) is 10.6 Å². The molecule has 0 saturated carbocycles. The number of benzene rings is 1. The topological polar surface area (TPSA) is 75.3 Å². The third-order valence-electron chi connectivity index (χ3n) is 2.45. The van der Waals surface area contributed by atoms with Crippen molar-refractivity contribution >= 4 is 33.0 Å². The average molecular weight is 264 g/mol. The zero-order chi connectivity index (χ0) is 13.3. The molecule has 2 aromatic rings. The molecule has 0 radical (unpaired) electrons. The van der Waals surface area contributed by atoms with Gasteiger partial charge in [0.05, 0.1) is 10.5 Å². The van der Waals surface area contributed by atoms with Crippen LogP contribution in [0.1, 0.15) is 23.5 Å². The van der Waals surface area contributed by atoms with Crippen LogP contribution >= 0.6 is 11.3 Å². The van der Waals surface area contributed by atoms with Crippen molar-refractivity contribution in [2.75, 3.05) is 12.3 Å². The number of amides is 1. The second-order valence-corrected chi connectivity index (χ2v) is 5.99. The number of nitrogen functional groups attached to an aromatic ring is 1. The number of carbonyl (C=O) groups is 1. The highest BCUT2D eigenvalue weighted by atomic mass is 32.1. The summed E-state index contributed by atoms with van der Waals surface area (Å²) in [5.74, 6) is -0.170. The van der Waals surface area contributed by atoms with Gasteiger partial charge in [-0.2, -0.15) is 0 Å². The Morgan fingerprint density at radius 2 is 2.17 bits per heavy atom. The predicted octanol–water partition coefficient (Wildman–Crippen LogP) is 1.98. The molecule has 0 aliphatic heterocycles. The minimum absolute atomic E-state index is 0.170. The van der Waals surface area contributed by atoms with Crippen LogP contribution in [0.4, 0.5) is 5.69 Å². The molecule has 1 aromatic carbocycles. The maximum Gasteiger partial charge on any atom is 0.261 e. The Morgan fingerprint density at radius 3 is 2.83 bits per heavy atom. The van der Waals surface area contributed by atoms with Gasteiger partial charge in [-0.1, -0.05) is 0 Å². The lowest BCUT2D eigenvalue weighted by Gasteiger charge is -2.17. The minimum Gasteiger partial charge on any atom is -0.399 e. The van der Waals surface area contributed by atoms with Gasteiger partial charge in [-0.25, -0.2) is 0 Å². The van der Waals surface area contributed by atoms with Crippen molar-refractivity contribution in [2.24, 2.45) is 0 Å². The maximum absolute atomic E-state index is 11.9. The van der Waals surface area contributed by atoms with Crippen LogP contribution in [0, 0.1) is 0 Å². The van der Waals surface area contributed by atoms with Crippen molar-refractivity contribution in [1.82, 2.24) is 5.32 Å². The predicted molar refractivity (Wildman–Crippen MR) is 74.9 cm³/mol. The van der Waals surface area contributed by atoms with Crippen LogP contribution < -0.4 is 11.1 Å². The molecule has 18 heavy (non-hydrogen) atoms. The SMILES string of the molecule is CC(C)(O)CNC(=O)c1cc2cc(N)ccc2s1. The first-order chi connectivity index (χ1) is 8.35. The number of carbonyl (C=O) groups excluding carboxylic acids is 1. The van der Waals surface area contributed by atoms with Gasteiger partial charge in [-0.3, -0.25) is 4.79 Å². The zero-order valence-electron chi connectivity index (χ0n) is 10.4. The molecule has 4 N–H and O–H groups in total. The lowest BCUT2D eigenvalue weighted by Crippen LogP contribution is -2.37. The van der Waals surface area contributed by atoms with E-state index < -0.39 is 5.60 Å². The van der Waals surface area contributed by atoms with Gasteiger partial charge in [0.25, 0.3) is 5.91 Å². The Balaban J connectivity index is 2.18. The molecular weight excluding hydrogens is 248 g/mol. The summed E-state index contributed by atoms with van der Waals surface area (Å²) in [6, 6.07) is 7.38. The first-order valence-corrected chi connectivity index (χ1v) is 6.46. The van der Waals surface area contributed by atoms with E-state index in [1.54, 1.807) is 13.8 Å². The zero-order valence-corrected chi connectivity index (χ0v) is 11.2.